The van der Waals surface area contributed by atoms with Crippen LogP contribution in [-0.2, 0) is 23.7 Å². The molecule has 15 nitrogen and oxygen atoms in total. The Morgan fingerprint density at radius 2 is 1.06 bits per heavy atom. The van der Waals surface area contributed by atoms with Gasteiger partial charge in [0, 0.05) is 0 Å². The second kappa shape index (κ2) is 11.0. The summed E-state index contributed by atoms with van der Waals surface area (Å²) >= 11 is 0. The van der Waals surface area contributed by atoms with Crippen LogP contribution in [0.4, 0.5) is 0 Å². The standard InChI is InChI=1S/C18H32O15/c1-4-7(21)9(23)11(25)17(29-4)33-15-13(27)16(28)30-6(3-20)14(15)32-18-12(26)10(24)8(22)5(2-19)31-18/h4-28H,2-3H2,1H3/t4-,5+,6+,7+,8-,9+,10-,11-,12+,13+,14+,15+,16-,17-,18+/m0/s1. The number of hydrogen-bond acceptors (Lipinski definition) is 15. The van der Waals surface area contributed by atoms with Crippen molar-refractivity contribution in [2.75, 3.05) is 13.2 Å². The Kier molecular flexibility index (Phi) is 8.99. The molecular formula is C18H32O15. The summed E-state index contributed by atoms with van der Waals surface area (Å²) in [6.07, 6.45) is -24.0. The molecule has 15 atom stereocenters. The fraction of sp³-hybridized carbons (Fsp3) is 1.00. The molecule has 0 aromatic rings. The third kappa shape index (κ3) is 5.32. The van der Waals surface area contributed by atoms with E-state index in [1.807, 2.05) is 0 Å². The summed E-state index contributed by atoms with van der Waals surface area (Å²) in [5, 5.41) is 99.8. The molecule has 0 unspecified atom stereocenters. The van der Waals surface area contributed by atoms with Crippen molar-refractivity contribution >= 4 is 0 Å². The van der Waals surface area contributed by atoms with Crippen LogP contribution in [0.15, 0.2) is 0 Å². The minimum atomic E-state index is -1.88. The van der Waals surface area contributed by atoms with Crippen LogP contribution in [0.25, 0.3) is 0 Å². The molecule has 3 saturated heterocycles. The second-order valence-corrected chi connectivity index (χ2v) is 8.32. The Bertz CT molecular complexity index is 624. The average molecular weight is 488 g/mol. The maximum Gasteiger partial charge on any atom is 0.187 e. The first-order valence-electron chi connectivity index (χ1n) is 10.4. The fourth-order valence-electron chi connectivity index (χ4n) is 3.99. The lowest BCUT2D eigenvalue weighted by Gasteiger charge is -2.48. The molecule has 0 saturated carbocycles. The molecule has 0 spiro atoms. The predicted molar refractivity (Wildman–Crippen MR) is 99.8 cm³/mol. The average Bonchev–Trinajstić information content (AvgIpc) is 2.80. The highest BCUT2D eigenvalue weighted by Crippen LogP contribution is 2.32. The van der Waals surface area contributed by atoms with Crippen molar-refractivity contribution in [3.8, 4) is 0 Å². The maximum atomic E-state index is 10.5. The Hall–Kier alpha value is -0.600. The number of aliphatic hydroxyl groups is 10. The maximum absolute atomic E-state index is 10.5. The predicted octanol–water partition coefficient (Wildman–Crippen LogP) is -6.55. The minimum Gasteiger partial charge on any atom is -0.394 e. The monoisotopic (exact) mass is 488 g/mol. The van der Waals surface area contributed by atoms with Gasteiger partial charge in [0.2, 0.25) is 0 Å². The van der Waals surface area contributed by atoms with Crippen molar-refractivity contribution in [2.45, 2.75) is 99.0 Å². The molecule has 10 N–H and O–H groups in total. The van der Waals surface area contributed by atoms with Gasteiger partial charge < -0.3 is 74.7 Å². The van der Waals surface area contributed by atoms with Gasteiger partial charge in [0.05, 0.1) is 19.3 Å². The largest absolute Gasteiger partial charge is 0.394 e. The van der Waals surface area contributed by atoms with Gasteiger partial charge in [-0.3, -0.25) is 0 Å². The Balaban J connectivity index is 1.83. The molecule has 33 heavy (non-hydrogen) atoms. The zero-order chi connectivity index (χ0) is 24.6. The third-order valence-corrected chi connectivity index (χ3v) is 6.05. The molecule has 3 heterocycles. The Morgan fingerprint density at radius 1 is 0.545 bits per heavy atom. The van der Waals surface area contributed by atoms with E-state index in [2.05, 4.69) is 0 Å². The normalized spacial score (nSPS) is 53.7. The first kappa shape index (κ1) is 27.0. The van der Waals surface area contributed by atoms with E-state index >= 15 is 0 Å². The van der Waals surface area contributed by atoms with Gasteiger partial charge in [-0.05, 0) is 6.92 Å². The van der Waals surface area contributed by atoms with E-state index in [1.165, 1.54) is 6.92 Å². The van der Waals surface area contributed by atoms with Crippen molar-refractivity contribution in [2.24, 2.45) is 0 Å². The van der Waals surface area contributed by atoms with Crippen LogP contribution >= 0.6 is 0 Å². The summed E-state index contributed by atoms with van der Waals surface area (Å²) in [7, 11) is 0. The molecule has 0 aromatic heterocycles. The van der Waals surface area contributed by atoms with E-state index in [1.54, 1.807) is 0 Å². The molecule has 15 heteroatoms. The molecule has 0 radical (unpaired) electrons. The zero-order valence-electron chi connectivity index (χ0n) is 17.6. The Labute approximate surface area is 187 Å². The first-order chi connectivity index (χ1) is 15.5. The molecule has 3 aliphatic heterocycles. The van der Waals surface area contributed by atoms with Gasteiger partial charge in [-0.2, -0.15) is 0 Å². The summed E-state index contributed by atoms with van der Waals surface area (Å²) < 4.78 is 26.9. The summed E-state index contributed by atoms with van der Waals surface area (Å²) in [5.41, 5.74) is 0. The van der Waals surface area contributed by atoms with Gasteiger partial charge in [-0.15, -0.1) is 0 Å². The van der Waals surface area contributed by atoms with Gasteiger partial charge in [0.25, 0.3) is 0 Å². The Morgan fingerprint density at radius 3 is 1.64 bits per heavy atom. The molecular weight excluding hydrogens is 456 g/mol. The molecule has 3 fully saturated rings. The van der Waals surface area contributed by atoms with E-state index in [0.717, 1.165) is 0 Å². The molecule has 0 bridgehead atoms. The van der Waals surface area contributed by atoms with Crippen LogP contribution in [0.2, 0.25) is 0 Å². The van der Waals surface area contributed by atoms with E-state index in [4.69, 9.17) is 23.7 Å². The van der Waals surface area contributed by atoms with Crippen LogP contribution in [-0.4, -0.2) is 156 Å². The van der Waals surface area contributed by atoms with E-state index in [9.17, 15) is 51.1 Å². The van der Waals surface area contributed by atoms with Crippen molar-refractivity contribution in [1.29, 1.82) is 0 Å². The van der Waals surface area contributed by atoms with Gasteiger partial charge in [0.1, 0.15) is 67.1 Å². The lowest BCUT2D eigenvalue weighted by Crippen LogP contribution is -2.66. The first-order valence-corrected chi connectivity index (χ1v) is 10.4. The third-order valence-electron chi connectivity index (χ3n) is 6.05. The van der Waals surface area contributed by atoms with E-state index in [-0.39, 0.29) is 0 Å². The fourth-order valence-corrected chi connectivity index (χ4v) is 3.99. The van der Waals surface area contributed by atoms with Crippen LogP contribution < -0.4 is 0 Å². The lowest BCUT2D eigenvalue weighted by molar-refractivity contribution is -0.382. The summed E-state index contributed by atoms with van der Waals surface area (Å²) in [6, 6.07) is 0. The van der Waals surface area contributed by atoms with Crippen LogP contribution in [0, 0.1) is 0 Å². The molecule has 0 aliphatic carbocycles. The van der Waals surface area contributed by atoms with Crippen molar-refractivity contribution < 1.29 is 74.7 Å². The van der Waals surface area contributed by atoms with E-state index < -0.39 is 105 Å². The van der Waals surface area contributed by atoms with Crippen molar-refractivity contribution in [1.82, 2.24) is 0 Å². The highest BCUT2D eigenvalue weighted by molar-refractivity contribution is 4.96. The number of aliphatic hydroxyl groups excluding tert-OH is 10. The summed E-state index contributed by atoms with van der Waals surface area (Å²) in [5.74, 6) is 0. The SMILES string of the molecule is C[C@@H]1O[C@@H](O[C@@H]2[C@@H](O)[C@@H](O)O[C@H](CO)[C@H]2O[C@H]2O[C@H](CO)[C@H](O)[C@H](O)[C@H]2O)[C@@H](O)[C@H](O)[C@@H]1O. The quantitative estimate of drug-likeness (QED) is 0.167. The number of hydrogen-bond donors (Lipinski definition) is 10. The smallest absolute Gasteiger partial charge is 0.187 e. The second-order valence-electron chi connectivity index (χ2n) is 8.32. The van der Waals surface area contributed by atoms with E-state index in [0.29, 0.717) is 0 Å². The van der Waals surface area contributed by atoms with Gasteiger partial charge in [0.15, 0.2) is 18.9 Å². The highest BCUT2D eigenvalue weighted by Gasteiger charge is 2.53. The van der Waals surface area contributed by atoms with Crippen LogP contribution in [0.1, 0.15) is 6.92 Å². The minimum absolute atomic E-state index is 0.739. The molecule has 0 amide bonds. The van der Waals surface area contributed by atoms with Gasteiger partial charge in [-0.25, -0.2) is 0 Å². The topological polar surface area (TPSA) is 248 Å². The highest BCUT2D eigenvalue weighted by atomic mass is 16.8. The van der Waals surface area contributed by atoms with Gasteiger partial charge in [-0.1, -0.05) is 0 Å². The summed E-state index contributed by atoms with van der Waals surface area (Å²) in [6.45, 7) is -0.127. The van der Waals surface area contributed by atoms with Crippen LogP contribution in [0.5, 0.6) is 0 Å². The van der Waals surface area contributed by atoms with Gasteiger partial charge >= 0.3 is 0 Å². The van der Waals surface area contributed by atoms with Crippen LogP contribution in [0.3, 0.4) is 0 Å². The summed E-state index contributed by atoms with van der Waals surface area (Å²) in [4.78, 5) is 0. The number of rotatable bonds is 6. The lowest BCUT2D eigenvalue weighted by atomic mass is 9.96. The molecule has 0 aromatic carbocycles. The zero-order valence-corrected chi connectivity index (χ0v) is 17.6. The van der Waals surface area contributed by atoms with Crippen molar-refractivity contribution in [3.05, 3.63) is 0 Å². The molecule has 194 valence electrons. The number of ether oxygens (including phenoxy) is 5. The molecule has 3 rings (SSSR count). The molecule has 3 aliphatic rings. The van der Waals surface area contributed by atoms with Crippen molar-refractivity contribution in [3.63, 3.8) is 0 Å².